The average molecular weight is 298 g/mol. The number of amides is 2. The zero-order valence-electron chi connectivity index (χ0n) is 12.2. The number of morpholine rings is 1. The van der Waals surface area contributed by atoms with E-state index in [9.17, 15) is 14.4 Å². The van der Waals surface area contributed by atoms with Gasteiger partial charge in [-0.1, -0.05) is 6.92 Å². The third kappa shape index (κ3) is 4.70. The van der Waals surface area contributed by atoms with E-state index in [1.54, 1.807) is 6.92 Å². The van der Waals surface area contributed by atoms with Crippen LogP contribution < -0.4 is 5.32 Å². The predicted molar refractivity (Wildman–Crippen MR) is 73.5 cm³/mol. The maximum absolute atomic E-state index is 12.3. The Morgan fingerprint density at radius 3 is 2.67 bits per heavy atom. The lowest BCUT2D eigenvalue weighted by molar-refractivity contribution is -0.149. The van der Waals surface area contributed by atoms with Gasteiger partial charge in [-0.15, -0.1) is 0 Å². The molecule has 2 rings (SSSR count). The summed E-state index contributed by atoms with van der Waals surface area (Å²) in [6.45, 7) is 2.72. The number of ether oxygens (including phenoxy) is 1. The molecule has 2 atom stereocenters. The summed E-state index contributed by atoms with van der Waals surface area (Å²) in [7, 11) is 0. The van der Waals surface area contributed by atoms with E-state index in [-0.39, 0.29) is 43.2 Å². The Hall–Kier alpha value is -1.63. The van der Waals surface area contributed by atoms with Gasteiger partial charge in [0.1, 0.15) is 6.04 Å². The number of carboxylic acids is 1. The van der Waals surface area contributed by atoms with Crippen molar-refractivity contribution < 1.29 is 24.2 Å². The Labute approximate surface area is 123 Å². The first-order valence-corrected chi connectivity index (χ1v) is 7.36. The highest BCUT2D eigenvalue weighted by Gasteiger charge is 2.35. The molecule has 1 saturated carbocycles. The molecule has 2 amide bonds. The Kier molecular flexibility index (Phi) is 5.17. The van der Waals surface area contributed by atoms with Gasteiger partial charge in [-0.3, -0.25) is 14.4 Å². The summed E-state index contributed by atoms with van der Waals surface area (Å²) in [5.74, 6) is -1.51. The van der Waals surface area contributed by atoms with Crippen molar-refractivity contribution in [2.45, 2.75) is 44.7 Å². The summed E-state index contributed by atoms with van der Waals surface area (Å²) >= 11 is 0. The molecule has 7 nitrogen and oxygen atoms in total. The molecule has 0 radical (unpaired) electrons. The van der Waals surface area contributed by atoms with Crippen LogP contribution in [0.4, 0.5) is 0 Å². The summed E-state index contributed by atoms with van der Waals surface area (Å²) in [4.78, 5) is 36.6. The zero-order chi connectivity index (χ0) is 15.4. The Bertz CT molecular complexity index is 422. The maximum atomic E-state index is 12.3. The second-order valence-electron chi connectivity index (χ2n) is 5.87. The Morgan fingerprint density at radius 2 is 2.05 bits per heavy atom. The number of rotatable bonds is 6. The van der Waals surface area contributed by atoms with Crippen molar-refractivity contribution in [1.29, 1.82) is 0 Å². The minimum absolute atomic E-state index is 0.0466. The van der Waals surface area contributed by atoms with E-state index in [0.717, 1.165) is 12.8 Å². The van der Waals surface area contributed by atoms with E-state index in [1.165, 1.54) is 4.90 Å². The molecule has 0 aromatic heterocycles. The molecular weight excluding hydrogens is 276 g/mol. The first kappa shape index (κ1) is 15.8. The van der Waals surface area contributed by atoms with Crippen LogP contribution in [0.2, 0.25) is 0 Å². The highest BCUT2D eigenvalue weighted by Crippen LogP contribution is 2.20. The van der Waals surface area contributed by atoms with Crippen LogP contribution in [0.3, 0.4) is 0 Å². The third-order valence-corrected chi connectivity index (χ3v) is 3.72. The monoisotopic (exact) mass is 298 g/mol. The van der Waals surface area contributed by atoms with E-state index in [2.05, 4.69) is 5.32 Å². The van der Waals surface area contributed by atoms with Crippen LogP contribution in [-0.4, -0.2) is 59.6 Å². The fourth-order valence-electron chi connectivity index (χ4n) is 2.43. The summed E-state index contributed by atoms with van der Waals surface area (Å²) in [5.41, 5.74) is 0. The normalized spacial score (nSPS) is 23.5. The second-order valence-corrected chi connectivity index (χ2v) is 5.87. The number of nitrogens with one attached hydrogen (secondary N) is 1. The average Bonchev–Trinajstić information content (AvgIpc) is 3.21. The van der Waals surface area contributed by atoms with E-state index in [0.29, 0.717) is 13.2 Å². The largest absolute Gasteiger partial charge is 0.481 e. The van der Waals surface area contributed by atoms with Crippen LogP contribution >= 0.6 is 0 Å². The molecule has 1 saturated heterocycles. The number of hydrogen-bond donors (Lipinski definition) is 2. The quantitative estimate of drug-likeness (QED) is 0.719. The minimum Gasteiger partial charge on any atom is -0.481 e. The van der Waals surface area contributed by atoms with Crippen molar-refractivity contribution in [2.75, 3.05) is 19.8 Å². The molecule has 2 N–H and O–H groups in total. The standard InChI is InChI=1S/C14H22N2O5/c1-9(7-13(18)19)6-12(17)16-4-5-21-8-11(16)14(20)15-10-2-3-10/h9-11H,2-8H2,1H3,(H,15,20)(H,18,19). The van der Waals surface area contributed by atoms with Crippen molar-refractivity contribution in [3.05, 3.63) is 0 Å². The molecule has 1 heterocycles. The molecule has 2 unspecified atom stereocenters. The van der Waals surface area contributed by atoms with E-state index < -0.39 is 12.0 Å². The number of nitrogens with zero attached hydrogens (tertiary/aromatic N) is 1. The summed E-state index contributed by atoms with van der Waals surface area (Å²) in [5, 5.41) is 11.6. The van der Waals surface area contributed by atoms with Gasteiger partial charge in [0, 0.05) is 25.4 Å². The van der Waals surface area contributed by atoms with Gasteiger partial charge >= 0.3 is 5.97 Å². The van der Waals surface area contributed by atoms with Crippen LogP contribution in [0.1, 0.15) is 32.6 Å². The number of carbonyl (C=O) groups is 3. The van der Waals surface area contributed by atoms with Gasteiger partial charge in [0.25, 0.3) is 0 Å². The molecule has 0 aromatic carbocycles. The lowest BCUT2D eigenvalue weighted by Gasteiger charge is -2.35. The highest BCUT2D eigenvalue weighted by atomic mass is 16.5. The number of carboxylic acid groups (broad SMARTS) is 1. The van der Waals surface area contributed by atoms with Crippen LogP contribution in [0.15, 0.2) is 0 Å². The topological polar surface area (TPSA) is 95.9 Å². The van der Waals surface area contributed by atoms with Crippen molar-refractivity contribution in [2.24, 2.45) is 5.92 Å². The van der Waals surface area contributed by atoms with Gasteiger partial charge in [0.15, 0.2) is 0 Å². The number of carbonyl (C=O) groups excluding carboxylic acids is 2. The minimum atomic E-state index is -0.916. The summed E-state index contributed by atoms with van der Waals surface area (Å²) < 4.78 is 5.31. The molecule has 2 aliphatic rings. The Balaban J connectivity index is 1.91. The fraction of sp³-hybridized carbons (Fsp3) is 0.786. The van der Waals surface area contributed by atoms with Gasteiger partial charge < -0.3 is 20.1 Å². The van der Waals surface area contributed by atoms with E-state index in [1.807, 2.05) is 0 Å². The molecule has 7 heteroatoms. The maximum Gasteiger partial charge on any atom is 0.303 e. The molecule has 2 fully saturated rings. The van der Waals surface area contributed by atoms with Gasteiger partial charge in [0.2, 0.25) is 11.8 Å². The smallest absolute Gasteiger partial charge is 0.303 e. The van der Waals surface area contributed by atoms with Gasteiger partial charge in [-0.25, -0.2) is 0 Å². The lowest BCUT2D eigenvalue weighted by atomic mass is 10.0. The number of aliphatic carboxylic acids is 1. The van der Waals surface area contributed by atoms with Crippen LogP contribution in [0.5, 0.6) is 0 Å². The molecule has 0 bridgehead atoms. The van der Waals surface area contributed by atoms with Gasteiger partial charge in [0.05, 0.1) is 13.2 Å². The van der Waals surface area contributed by atoms with Crippen LogP contribution in [0.25, 0.3) is 0 Å². The number of hydrogen-bond acceptors (Lipinski definition) is 4. The van der Waals surface area contributed by atoms with Gasteiger partial charge in [-0.2, -0.15) is 0 Å². The molecule has 1 aliphatic carbocycles. The third-order valence-electron chi connectivity index (χ3n) is 3.72. The molecule has 1 aliphatic heterocycles. The van der Waals surface area contributed by atoms with Crippen molar-refractivity contribution in [1.82, 2.24) is 10.2 Å². The fourth-order valence-corrected chi connectivity index (χ4v) is 2.43. The van der Waals surface area contributed by atoms with Crippen molar-refractivity contribution >= 4 is 17.8 Å². The molecule has 0 spiro atoms. The van der Waals surface area contributed by atoms with Crippen LogP contribution in [-0.2, 0) is 19.1 Å². The second kappa shape index (κ2) is 6.89. The summed E-state index contributed by atoms with van der Waals surface area (Å²) in [6, 6.07) is -0.355. The van der Waals surface area contributed by atoms with E-state index >= 15 is 0 Å². The summed E-state index contributed by atoms with van der Waals surface area (Å²) in [6.07, 6.45) is 2.07. The molecule has 0 aromatic rings. The highest BCUT2D eigenvalue weighted by molar-refractivity contribution is 5.88. The Morgan fingerprint density at radius 1 is 1.33 bits per heavy atom. The zero-order valence-corrected chi connectivity index (χ0v) is 12.2. The first-order chi connectivity index (χ1) is 9.97. The first-order valence-electron chi connectivity index (χ1n) is 7.36. The SMILES string of the molecule is CC(CC(=O)O)CC(=O)N1CCOCC1C(=O)NC1CC1. The molecular formula is C14H22N2O5. The van der Waals surface area contributed by atoms with E-state index in [4.69, 9.17) is 9.84 Å². The molecule has 21 heavy (non-hydrogen) atoms. The molecule has 118 valence electrons. The van der Waals surface area contributed by atoms with Crippen molar-refractivity contribution in [3.63, 3.8) is 0 Å². The van der Waals surface area contributed by atoms with Crippen LogP contribution in [0, 0.1) is 5.92 Å². The lowest BCUT2D eigenvalue weighted by Crippen LogP contribution is -2.56. The van der Waals surface area contributed by atoms with Crippen molar-refractivity contribution in [3.8, 4) is 0 Å². The predicted octanol–water partition coefficient (Wildman–Crippen LogP) is -0.00670. The van der Waals surface area contributed by atoms with Gasteiger partial charge in [-0.05, 0) is 18.8 Å².